The molecule has 4 aromatic rings. The molecule has 37 heavy (non-hydrogen) atoms. The van der Waals surface area contributed by atoms with Crippen molar-refractivity contribution in [2.75, 3.05) is 6.54 Å². The third kappa shape index (κ3) is 5.43. The second-order valence-electron chi connectivity index (χ2n) is 9.35. The molecule has 0 saturated heterocycles. The Bertz CT molecular complexity index is 1380. The quantitative estimate of drug-likeness (QED) is 0.370. The molecule has 5 rings (SSSR count). The first kappa shape index (κ1) is 24.4. The van der Waals surface area contributed by atoms with Gasteiger partial charge in [-0.05, 0) is 73.4 Å². The number of rotatable bonds is 7. The highest BCUT2D eigenvalue weighted by Crippen LogP contribution is 2.38. The average molecular weight is 495 g/mol. The second-order valence-corrected chi connectivity index (χ2v) is 9.35. The molecular weight excluding hydrogens is 464 g/mol. The predicted octanol–water partition coefficient (Wildman–Crippen LogP) is 5.46. The van der Waals surface area contributed by atoms with Gasteiger partial charge in [0.05, 0.1) is 18.8 Å². The summed E-state index contributed by atoms with van der Waals surface area (Å²) in [5.41, 5.74) is 5.03. The van der Waals surface area contributed by atoms with Gasteiger partial charge in [-0.3, -0.25) is 9.59 Å². The molecule has 0 spiro atoms. The first-order chi connectivity index (χ1) is 18.0. The lowest BCUT2D eigenvalue weighted by Gasteiger charge is -2.38. The largest absolute Gasteiger partial charge is 0.481 e. The summed E-state index contributed by atoms with van der Waals surface area (Å²) in [4.78, 5) is 28.2. The topological polar surface area (TPSA) is 71.8 Å². The van der Waals surface area contributed by atoms with Crippen molar-refractivity contribution in [1.29, 1.82) is 0 Å². The van der Waals surface area contributed by atoms with Gasteiger partial charge in [0.1, 0.15) is 11.5 Å². The summed E-state index contributed by atoms with van der Waals surface area (Å²) >= 11 is 0. The molecule has 0 fully saturated rings. The second kappa shape index (κ2) is 10.7. The normalized spacial score (nSPS) is 15.5. The highest BCUT2D eigenvalue weighted by Gasteiger charge is 2.33. The van der Waals surface area contributed by atoms with Gasteiger partial charge in [-0.25, -0.2) is 0 Å². The van der Waals surface area contributed by atoms with Crippen LogP contribution >= 0.6 is 0 Å². The minimum atomic E-state index is -0.698. The Labute approximate surface area is 216 Å². The van der Waals surface area contributed by atoms with Crippen LogP contribution in [-0.4, -0.2) is 29.4 Å². The van der Waals surface area contributed by atoms with Gasteiger partial charge in [-0.15, -0.1) is 0 Å². The SMILES string of the molecule is Cc1cccc([C@@H]2c3cc(O[C@H](C)C(=O)NCc4ccco4)ccc3CCN2C(=O)c2ccccc2)c1. The highest BCUT2D eigenvalue weighted by atomic mass is 16.5. The highest BCUT2D eigenvalue weighted by molar-refractivity contribution is 5.95. The van der Waals surface area contributed by atoms with Crippen LogP contribution in [0.3, 0.4) is 0 Å². The van der Waals surface area contributed by atoms with E-state index in [0.29, 0.717) is 30.2 Å². The fourth-order valence-corrected chi connectivity index (χ4v) is 4.82. The van der Waals surface area contributed by atoms with Gasteiger partial charge in [0.25, 0.3) is 11.8 Å². The zero-order valence-corrected chi connectivity index (χ0v) is 21.0. The molecule has 2 amide bonds. The van der Waals surface area contributed by atoms with Gasteiger partial charge in [0.2, 0.25) is 0 Å². The van der Waals surface area contributed by atoms with E-state index < -0.39 is 6.10 Å². The number of nitrogens with zero attached hydrogens (tertiary/aromatic N) is 1. The molecular formula is C31H30N2O4. The Morgan fingerprint density at radius 1 is 1.03 bits per heavy atom. The van der Waals surface area contributed by atoms with Crippen LogP contribution < -0.4 is 10.1 Å². The number of benzene rings is 3. The molecule has 3 aromatic carbocycles. The molecule has 6 nitrogen and oxygen atoms in total. The standard InChI is InChI=1S/C31H30N2O4/c1-21-8-6-11-25(18-21)29-28-19-26(37-22(2)30(34)32-20-27-12-7-17-36-27)14-13-23(28)15-16-33(29)31(35)24-9-4-3-5-10-24/h3-14,17-19,22,29H,15-16,20H2,1-2H3,(H,32,34)/t22-,29-/m1/s1. The van der Waals surface area contributed by atoms with Crippen molar-refractivity contribution in [2.24, 2.45) is 0 Å². The lowest BCUT2D eigenvalue weighted by atomic mass is 9.87. The molecule has 0 saturated carbocycles. The van der Waals surface area contributed by atoms with E-state index in [0.717, 1.165) is 23.1 Å². The fraction of sp³-hybridized carbons (Fsp3) is 0.226. The maximum atomic E-state index is 13.6. The minimum Gasteiger partial charge on any atom is -0.481 e. The molecule has 1 aliphatic heterocycles. The molecule has 1 N–H and O–H groups in total. The molecule has 1 aromatic heterocycles. The molecule has 6 heteroatoms. The Hall–Kier alpha value is -4.32. The number of nitrogens with one attached hydrogen (secondary N) is 1. The van der Waals surface area contributed by atoms with Gasteiger partial charge < -0.3 is 19.4 Å². The number of amides is 2. The lowest BCUT2D eigenvalue weighted by molar-refractivity contribution is -0.127. The molecule has 2 atom stereocenters. The Balaban J connectivity index is 1.43. The summed E-state index contributed by atoms with van der Waals surface area (Å²) in [5.74, 6) is 1.03. The molecule has 0 bridgehead atoms. The van der Waals surface area contributed by atoms with E-state index >= 15 is 0 Å². The van der Waals surface area contributed by atoms with Crippen molar-refractivity contribution < 1.29 is 18.7 Å². The van der Waals surface area contributed by atoms with E-state index in [1.165, 1.54) is 5.56 Å². The van der Waals surface area contributed by atoms with Crippen LogP contribution in [0.5, 0.6) is 5.75 Å². The Morgan fingerprint density at radius 2 is 1.86 bits per heavy atom. The Kier molecular flexibility index (Phi) is 7.08. The number of ether oxygens (including phenoxy) is 1. The molecule has 188 valence electrons. The summed E-state index contributed by atoms with van der Waals surface area (Å²) in [6.45, 7) is 4.69. The number of hydrogen-bond donors (Lipinski definition) is 1. The van der Waals surface area contributed by atoms with Crippen LogP contribution in [0.4, 0.5) is 0 Å². The number of carbonyl (C=O) groups is 2. The van der Waals surface area contributed by atoms with E-state index in [-0.39, 0.29) is 17.9 Å². The van der Waals surface area contributed by atoms with Gasteiger partial charge in [-0.1, -0.05) is 54.1 Å². The van der Waals surface area contributed by atoms with E-state index in [1.54, 1.807) is 19.3 Å². The van der Waals surface area contributed by atoms with Crippen LogP contribution in [0, 0.1) is 6.92 Å². The van der Waals surface area contributed by atoms with Crippen LogP contribution in [0.1, 0.15) is 51.3 Å². The smallest absolute Gasteiger partial charge is 0.261 e. The maximum absolute atomic E-state index is 13.6. The van der Waals surface area contributed by atoms with E-state index in [4.69, 9.17) is 9.15 Å². The number of fused-ring (bicyclic) bond motifs is 1. The predicted molar refractivity (Wildman–Crippen MR) is 141 cm³/mol. The maximum Gasteiger partial charge on any atom is 0.261 e. The Morgan fingerprint density at radius 3 is 2.62 bits per heavy atom. The molecule has 0 aliphatic carbocycles. The van der Waals surface area contributed by atoms with Gasteiger partial charge in [0.15, 0.2) is 6.10 Å². The first-order valence-corrected chi connectivity index (χ1v) is 12.5. The molecule has 1 aliphatic rings. The van der Waals surface area contributed by atoms with Crippen molar-refractivity contribution in [1.82, 2.24) is 10.2 Å². The van der Waals surface area contributed by atoms with Crippen molar-refractivity contribution in [2.45, 2.75) is 39.0 Å². The summed E-state index contributed by atoms with van der Waals surface area (Å²) in [7, 11) is 0. The van der Waals surface area contributed by atoms with Gasteiger partial charge >= 0.3 is 0 Å². The van der Waals surface area contributed by atoms with Crippen LogP contribution in [0.25, 0.3) is 0 Å². The molecule has 0 radical (unpaired) electrons. The van der Waals surface area contributed by atoms with Crippen molar-refractivity contribution in [3.8, 4) is 5.75 Å². The summed E-state index contributed by atoms with van der Waals surface area (Å²) < 4.78 is 11.3. The zero-order valence-electron chi connectivity index (χ0n) is 21.0. The molecule has 0 unspecified atom stereocenters. The van der Waals surface area contributed by atoms with E-state index in [1.807, 2.05) is 65.6 Å². The van der Waals surface area contributed by atoms with Crippen molar-refractivity contribution >= 4 is 11.8 Å². The van der Waals surface area contributed by atoms with E-state index in [9.17, 15) is 9.59 Å². The number of carbonyl (C=O) groups excluding carboxylic acids is 2. The van der Waals surface area contributed by atoms with Crippen LogP contribution in [0.2, 0.25) is 0 Å². The zero-order chi connectivity index (χ0) is 25.8. The van der Waals surface area contributed by atoms with Crippen LogP contribution in [0.15, 0.2) is 95.6 Å². The third-order valence-electron chi connectivity index (χ3n) is 6.68. The monoisotopic (exact) mass is 494 g/mol. The fourth-order valence-electron chi connectivity index (χ4n) is 4.82. The first-order valence-electron chi connectivity index (χ1n) is 12.5. The minimum absolute atomic E-state index is 0.00486. The number of hydrogen-bond acceptors (Lipinski definition) is 4. The van der Waals surface area contributed by atoms with Crippen molar-refractivity contribution in [3.63, 3.8) is 0 Å². The molecule has 2 heterocycles. The van der Waals surface area contributed by atoms with Gasteiger partial charge in [0, 0.05) is 12.1 Å². The van der Waals surface area contributed by atoms with Crippen molar-refractivity contribution in [3.05, 3.63) is 125 Å². The number of aryl methyl sites for hydroxylation is 1. The summed E-state index contributed by atoms with van der Waals surface area (Å²) in [6, 6.07) is 26.9. The number of furan rings is 1. The van der Waals surface area contributed by atoms with Crippen LogP contribution in [-0.2, 0) is 17.8 Å². The third-order valence-corrected chi connectivity index (χ3v) is 6.68. The average Bonchev–Trinajstić information content (AvgIpc) is 3.45. The van der Waals surface area contributed by atoms with E-state index in [2.05, 4.69) is 30.4 Å². The van der Waals surface area contributed by atoms with Gasteiger partial charge in [-0.2, -0.15) is 0 Å². The summed E-state index contributed by atoms with van der Waals surface area (Å²) in [6.07, 6.45) is 1.62. The lowest BCUT2D eigenvalue weighted by Crippen LogP contribution is -2.40. The summed E-state index contributed by atoms with van der Waals surface area (Å²) in [5, 5.41) is 2.84.